The van der Waals surface area contributed by atoms with Gasteiger partial charge in [0.05, 0.1) is 18.3 Å². The highest BCUT2D eigenvalue weighted by Crippen LogP contribution is 2.37. The van der Waals surface area contributed by atoms with Gasteiger partial charge < -0.3 is 10.2 Å². The van der Waals surface area contributed by atoms with Gasteiger partial charge in [0.1, 0.15) is 17.2 Å². The second-order valence-corrected chi connectivity index (χ2v) is 8.98. The Balaban J connectivity index is 1.28. The van der Waals surface area contributed by atoms with Gasteiger partial charge in [-0.2, -0.15) is 5.10 Å². The van der Waals surface area contributed by atoms with E-state index in [1.165, 1.54) is 29.8 Å². The van der Waals surface area contributed by atoms with Gasteiger partial charge in [-0.3, -0.25) is 9.59 Å². The van der Waals surface area contributed by atoms with Crippen LogP contribution in [0.5, 0.6) is 0 Å². The summed E-state index contributed by atoms with van der Waals surface area (Å²) >= 11 is 0. The Hall–Kier alpha value is -3.48. The molecular formula is C26H27FN4O2. The number of ketones is 1. The van der Waals surface area contributed by atoms with Crippen molar-refractivity contribution in [3.8, 4) is 0 Å². The topological polar surface area (TPSA) is 67.2 Å². The Morgan fingerprint density at radius 3 is 2.42 bits per heavy atom. The van der Waals surface area contributed by atoms with Gasteiger partial charge in [0.15, 0.2) is 5.78 Å². The van der Waals surface area contributed by atoms with Crippen LogP contribution in [0.4, 0.5) is 10.2 Å². The Labute approximate surface area is 192 Å². The van der Waals surface area contributed by atoms with Crippen LogP contribution in [0.25, 0.3) is 0 Å². The smallest absolute Gasteiger partial charge is 0.259 e. The number of carbonyl (C=O) groups excluding carboxylic acids is 2. The minimum absolute atomic E-state index is 0.0196. The molecule has 0 radical (unpaired) electrons. The minimum Gasteiger partial charge on any atom is -0.363 e. The van der Waals surface area contributed by atoms with Crippen molar-refractivity contribution in [1.29, 1.82) is 0 Å². The lowest BCUT2D eigenvalue weighted by molar-refractivity contribution is 0.0651. The number of benzene rings is 2. The molecule has 1 N–H and O–H groups in total. The van der Waals surface area contributed by atoms with Crippen molar-refractivity contribution in [3.63, 3.8) is 0 Å². The molecule has 0 saturated carbocycles. The van der Waals surface area contributed by atoms with Crippen LogP contribution in [0.3, 0.4) is 0 Å². The number of fused-ring (bicyclic) bond motifs is 1. The number of nitrogens with one attached hydrogen (secondary N) is 1. The van der Waals surface area contributed by atoms with Crippen molar-refractivity contribution >= 4 is 17.5 Å². The van der Waals surface area contributed by atoms with Gasteiger partial charge in [-0.25, -0.2) is 9.07 Å². The lowest BCUT2D eigenvalue weighted by Crippen LogP contribution is -2.40. The lowest BCUT2D eigenvalue weighted by atomic mass is 9.88. The summed E-state index contributed by atoms with van der Waals surface area (Å²) in [5.41, 5.74) is 2.29. The molecule has 2 unspecified atom stereocenters. The molecule has 33 heavy (non-hydrogen) atoms. The van der Waals surface area contributed by atoms with Crippen LogP contribution in [-0.2, 0) is 0 Å². The lowest BCUT2D eigenvalue weighted by Gasteiger charge is -2.33. The molecule has 0 aliphatic carbocycles. The van der Waals surface area contributed by atoms with Crippen molar-refractivity contribution in [3.05, 3.63) is 83.3 Å². The van der Waals surface area contributed by atoms with Crippen molar-refractivity contribution in [2.75, 3.05) is 18.4 Å². The largest absolute Gasteiger partial charge is 0.363 e. The Kier molecular flexibility index (Phi) is 5.70. The Morgan fingerprint density at radius 2 is 1.73 bits per heavy atom. The first-order valence-corrected chi connectivity index (χ1v) is 11.5. The fourth-order valence-corrected chi connectivity index (χ4v) is 4.93. The number of anilines is 1. The predicted octanol–water partition coefficient (Wildman–Crippen LogP) is 4.88. The fourth-order valence-electron chi connectivity index (χ4n) is 4.93. The summed E-state index contributed by atoms with van der Waals surface area (Å²) < 4.78 is 15.1. The maximum atomic E-state index is 13.4. The van der Waals surface area contributed by atoms with Crippen LogP contribution in [-0.4, -0.2) is 39.5 Å². The van der Waals surface area contributed by atoms with E-state index in [0.717, 1.165) is 12.2 Å². The molecule has 2 aliphatic rings. The maximum absolute atomic E-state index is 13.4. The second kappa shape index (κ2) is 8.81. The highest BCUT2D eigenvalue weighted by atomic mass is 19.1. The number of likely N-dealkylation sites (tertiary alicyclic amines) is 1. The number of rotatable bonds is 4. The number of amides is 1. The number of piperidine rings is 1. The zero-order valence-corrected chi connectivity index (χ0v) is 18.6. The molecule has 2 atom stereocenters. The zero-order chi connectivity index (χ0) is 22.9. The third kappa shape index (κ3) is 4.15. The van der Waals surface area contributed by atoms with Crippen LogP contribution in [0.1, 0.15) is 64.5 Å². The highest BCUT2D eigenvalue weighted by molar-refractivity contribution is 6.00. The monoisotopic (exact) mass is 446 g/mol. The number of carbonyl (C=O) groups is 2. The van der Waals surface area contributed by atoms with E-state index in [0.29, 0.717) is 37.1 Å². The molecule has 1 amide bonds. The number of halogens is 1. The third-order valence-corrected chi connectivity index (χ3v) is 6.81. The van der Waals surface area contributed by atoms with E-state index in [-0.39, 0.29) is 35.5 Å². The average Bonchev–Trinajstić information content (AvgIpc) is 3.29. The number of Topliss-reactive ketones (excluding diaryl/α,β-unsaturated/α-hetero) is 1. The average molecular weight is 447 g/mol. The van der Waals surface area contributed by atoms with Crippen molar-refractivity contribution < 1.29 is 14.0 Å². The zero-order valence-electron chi connectivity index (χ0n) is 18.6. The van der Waals surface area contributed by atoms with Crippen LogP contribution in [0.15, 0.2) is 60.8 Å². The van der Waals surface area contributed by atoms with Gasteiger partial charge in [-0.1, -0.05) is 30.3 Å². The number of aromatic nitrogens is 2. The molecule has 7 heteroatoms. The van der Waals surface area contributed by atoms with E-state index in [9.17, 15) is 14.0 Å². The summed E-state index contributed by atoms with van der Waals surface area (Å²) in [7, 11) is 0. The molecular weight excluding hydrogens is 419 g/mol. The minimum atomic E-state index is -0.353. The number of hydrogen-bond donors (Lipinski definition) is 1. The molecule has 2 aromatic carbocycles. The normalized spacial score (nSPS) is 20.7. The summed E-state index contributed by atoms with van der Waals surface area (Å²) in [6.45, 7) is 3.14. The summed E-state index contributed by atoms with van der Waals surface area (Å²) in [6, 6.07) is 16.2. The van der Waals surface area contributed by atoms with Crippen LogP contribution >= 0.6 is 0 Å². The molecule has 1 aromatic heterocycles. The van der Waals surface area contributed by atoms with Crippen LogP contribution < -0.4 is 5.32 Å². The van der Waals surface area contributed by atoms with E-state index in [2.05, 4.69) is 29.5 Å². The molecule has 2 aliphatic heterocycles. The van der Waals surface area contributed by atoms with Crippen molar-refractivity contribution in [2.24, 2.45) is 5.92 Å². The molecule has 3 aromatic rings. The standard InChI is InChI=1S/C26H27FN4O2/c1-17-15-23(18-5-3-2-4-6-18)29-25-22(16-28-31(17)25)26(33)30-13-11-20(12-14-30)24(32)19-7-9-21(27)10-8-19/h2-10,16-17,20,23,29H,11-15H2,1H3. The van der Waals surface area contributed by atoms with E-state index >= 15 is 0 Å². The first-order valence-electron chi connectivity index (χ1n) is 11.5. The summed E-state index contributed by atoms with van der Waals surface area (Å²) in [6.07, 6.45) is 3.75. The van der Waals surface area contributed by atoms with E-state index in [1.807, 2.05) is 27.8 Å². The number of hydrogen-bond acceptors (Lipinski definition) is 4. The first-order chi connectivity index (χ1) is 16.0. The van der Waals surface area contributed by atoms with E-state index < -0.39 is 0 Å². The van der Waals surface area contributed by atoms with E-state index in [4.69, 9.17) is 0 Å². The van der Waals surface area contributed by atoms with Crippen LogP contribution in [0.2, 0.25) is 0 Å². The molecule has 1 fully saturated rings. The molecule has 5 rings (SSSR count). The quantitative estimate of drug-likeness (QED) is 0.581. The third-order valence-electron chi connectivity index (χ3n) is 6.81. The van der Waals surface area contributed by atoms with Crippen molar-refractivity contribution in [1.82, 2.24) is 14.7 Å². The Morgan fingerprint density at radius 1 is 1.03 bits per heavy atom. The van der Waals surface area contributed by atoms with Gasteiger partial charge in [-0.15, -0.1) is 0 Å². The predicted molar refractivity (Wildman–Crippen MR) is 124 cm³/mol. The molecule has 1 saturated heterocycles. The molecule has 0 bridgehead atoms. The van der Waals surface area contributed by atoms with Crippen LogP contribution in [0, 0.1) is 11.7 Å². The van der Waals surface area contributed by atoms with E-state index in [1.54, 1.807) is 6.20 Å². The summed E-state index contributed by atoms with van der Waals surface area (Å²) in [5.74, 6) is 0.218. The SMILES string of the molecule is CC1CC(c2ccccc2)Nc2c(C(=O)N3CCC(C(=O)c4ccc(F)cc4)CC3)cnn21. The molecule has 0 spiro atoms. The van der Waals surface area contributed by atoms with Crippen molar-refractivity contribution in [2.45, 2.75) is 38.3 Å². The summed E-state index contributed by atoms with van der Waals surface area (Å²) in [4.78, 5) is 27.9. The summed E-state index contributed by atoms with van der Waals surface area (Å²) in [5, 5.41) is 8.03. The van der Waals surface area contributed by atoms with Gasteiger partial charge in [0.25, 0.3) is 5.91 Å². The van der Waals surface area contributed by atoms with Gasteiger partial charge in [0.2, 0.25) is 0 Å². The second-order valence-electron chi connectivity index (χ2n) is 8.98. The van der Waals surface area contributed by atoms with Gasteiger partial charge in [-0.05, 0) is 56.0 Å². The first kappa shape index (κ1) is 21.4. The Bertz CT molecular complexity index is 1150. The highest BCUT2D eigenvalue weighted by Gasteiger charge is 2.33. The molecule has 3 heterocycles. The number of nitrogens with zero attached hydrogens (tertiary/aromatic N) is 3. The molecule has 6 nitrogen and oxygen atoms in total. The molecule has 170 valence electrons. The van der Waals surface area contributed by atoms with Gasteiger partial charge >= 0.3 is 0 Å². The fraction of sp³-hybridized carbons (Fsp3) is 0.346. The maximum Gasteiger partial charge on any atom is 0.259 e. The van der Waals surface area contributed by atoms with Gasteiger partial charge in [0, 0.05) is 24.6 Å².